The number of carbonyl (C=O) groups is 2. The van der Waals surface area contributed by atoms with Crippen molar-refractivity contribution in [2.24, 2.45) is 13.0 Å². The number of benzene rings is 1. The summed E-state index contributed by atoms with van der Waals surface area (Å²) in [5.41, 5.74) is 1.21. The highest BCUT2D eigenvalue weighted by Crippen LogP contribution is 2.32. The Kier molecular flexibility index (Phi) is 4.06. The van der Waals surface area contributed by atoms with Crippen molar-refractivity contribution >= 4 is 34.4 Å². The fraction of sp³-hybridized carbons (Fsp3) is 0.412. The molecule has 0 saturated carbocycles. The van der Waals surface area contributed by atoms with Gasteiger partial charge in [-0.05, 0) is 24.8 Å². The highest BCUT2D eigenvalue weighted by atomic mass is 35.5. The number of nitrogens with zero attached hydrogens (tertiary/aromatic N) is 2. The van der Waals surface area contributed by atoms with Crippen molar-refractivity contribution in [3.63, 3.8) is 0 Å². The van der Waals surface area contributed by atoms with Gasteiger partial charge in [-0.15, -0.1) is 0 Å². The third-order valence-corrected chi connectivity index (χ3v) is 5.04. The number of carbonyl (C=O) groups excluding carboxylic acids is 1. The van der Waals surface area contributed by atoms with E-state index in [1.54, 1.807) is 11.6 Å². The zero-order valence-electron chi connectivity index (χ0n) is 13.1. The van der Waals surface area contributed by atoms with E-state index in [0.717, 1.165) is 17.3 Å². The zero-order valence-corrected chi connectivity index (χ0v) is 13.9. The fourth-order valence-corrected chi connectivity index (χ4v) is 3.71. The first-order valence-electron chi connectivity index (χ1n) is 7.68. The number of halogens is 1. The van der Waals surface area contributed by atoms with Gasteiger partial charge in [-0.2, -0.15) is 0 Å². The minimum atomic E-state index is -0.959. The van der Waals surface area contributed by atoms with Crippen LogP contribution in [-0.2, 0) is 11.8 Å². The molecule has 2 aromatic rings. The lowest BCUT2D eigenvalue weighted by molar-refractivity contribution is -0.144. The minimum Gasteiger partial charge on any atom is -0.480 e. The summed E-state index contributed by atoms with van der Waals surface area (Å²) in [6, 6.07) is 6.72. The number of likely N-dealkylation sites (tertiary alicyclic amines) is 1. The van der Waals surface area contributed by atoms with Crippen molar-refractivity contribution < 1.29 is 14.7 Å². The summed E-state index contributed by atoms with van der Waals surface area (Å²) in [6.45, 7) is 2.45. The SMILES string of the molecule is CC1CCN(C(=O)c2c(Cl)c3ccccc3n2C)C(C(=O)O)C1. The summed E-state index contributed by atoms with van der Waals surface area (Å²) >= 11 is 6.42. The molecular formula is C17H19ClN2O3. The summed E-state index contributed by atoms with van der Waals surface area (Å²) in [7, 11) is 1.78. The van der Waals surface area contributed by atoms with Gasteiger partial charge in [0.05, 0.1) is 5.02 Å². The highest BCUT2D eigenvalue weighted by Gasteiger charge is 2.37. The Morgan fingerprint density at radius 1 is 1.30 bits per heavy atom. The first-order valence-corrected chi connectivity index (χ1v) is 8.06. The number of aryl methyl sites for hydroxylation is 1. The first-order chi connectivity index (χ1) is 10.9. The molecule has 0 spiro atoms. The number of amides is 1. The molecule has 1 fully saturated rings. The van der Waals surface area contributed by atoms with Crippen LogP contribution < -0.4 is 0 Å². The molecule has 0 aliphatic carbocycles. The molecule has 1 N–H and O–H groups in total. The topological polar surface area (TPSA) is 62.5 Å². The van der Waals surface area contributed by atoms with E-state index in [1.165, 1.54) is 4.90 Å². The lowest BCUT2D eigenvalue weighted by atomic mass is 9.92. The monoisotopic (exact) mass is 334 g/mol. The molecule has 2 atom stereocenters. The molecule has 1 aliphatic heterocycles. The zero-order chi connectivity index (χ0) is 16.7. The number of hydrogen-bond acceptors (Lipinski definition) is 2. The van der Waals surface area contributed by atoms with Gasteiger partial charge in [-0.1, -0.05) is 36.7 Å². The number of carboxylic acids is 1. The molecule has 1 aliphatic rings. The third kappa shape index (κ3) is 2.59. The van der Waals surface area contributed by atoms with Gasteiger partial charge in [0.2, 0.25) is 0 Å². The largest absolute Gasteiger partial charge is 0.480 e. The lowest BCUT2D eigenvalue weighted by Crippen LogP contribution is -2.50. The maximum atomic E-state index is 13.0. The Labute approximate surface area is 139 Å². The van der Waals surface area contributed by atoms with Crippen LogP contribution in [0.3, 0.4) is 0 Å². The standard InChI is InChI=1S/C17H19ClN2O3/c1-10-7-8-20(13(9-10)17(22)23)16(21)15-14(18)11-5-3-4-6-12(11)19(15)2/h3-6,10,13H,7-9H2,1-2H3,(H,22,23). The quantitative estimate of drug-likeness (QED) is 0.917. The number of fused-ring (bicyclic) bond motifs is 1. The second kappa shape index (κ2) is 5.89. The second-order valence-electron chi connectivity index (χ2n) is 6.22. The molecule has 2 unspecified atom stereocenters. The molecule has 0 bridgehead atoms. The van der Waals surface area contributed by atoms with Crippen molar-refractivity contribution in [3.05, 3.63) is 35.0 Å². The molecule has 1 saturated heterocycles. The predicted octanol–water partition coefficient (Wildman–Crippen LogP) is 3.16. The van der Waals surface area contributed by atoms with Gasteiger partial charge in [-0.3, -0.25) is 4.79 Å². The Morgan fingerprint density at radius 3 is 2.65 bits per heavy atom. The molecule has 23 heavy (non-hydrogen) atoms. The molecular weight excluding hydrogens is 316 g/mol. The smallest absolute Gasteiger partial charge is 0.326 e. The van der Waals surface area contributed by atoms with E-state index in [0.29, 0.717) is 29.6 Å². The summed E-state index contributed by atoms with van der Waals surface area (Å²) in [5, 5.41) is 10.7. The van der Waals surface area contributed by atoms with Crippen LogP contribution in [0.5, 0.6) is 0 Å². The predicted molar refractivity (Wildman–Crippen MR) is 88.8 cm³/mol. The van der Waals surface area contributed by atoms with Crippen LogP contribution in [0.2, 0.25) is 5.02 Å². The van der Waals surface area contributed by atoms with Crippen molar-refractivity contribution in [1.82, 2.24) is 9.47 Å². The molecule has 2 heterocycles. The van der Waals surface area contributed by atoms with Crippen molar-refractivity contribution in [1.29, 1.82) is 0 Å². The van der Waals surface area contributed by atoms with Crippen molar-refractivity contribution in [2.45, 2.75) is 25.8 Å². The molecule has 6 heteroatoms. The van der Waals surface area contributed by atoms with E-state index in [9.17, 15) is 14.7 Å². The molecule has 5 nitrogen and oxygen atoms in total. The fourth-order valence-electron chi connectivity index (χ4n) is 3.34. The Balaban J connectivity index is 2.04. The van der Waals surface area contributed by atoms with Gasteiger partial charge >= 0.3 is 5.97 Å². The van der Waals surface area contributed by atoms with Gasteiger partial charge in [0.15, 0.2) is 0 Å². The summed E-state index contributed by atoms with van der Waals surface area (Å²) < 4.78 is 1.75. The van der Waals surface area contributed by atoms with Gasteiger partial charge in [0.25, 0.3) is 5.91 Å². The number of rotatable bonds is 2. The van der Waals surface area contributed by atoms with Crippen LogP contribution in [0.1, 0.15) is 30.3 Å². The van der Waals surface area contributed by atoms with Crippen LogP contribution in [0.15, 0.2) is 24.3 Å². The van der Waals surface area contributed by atoms with Crippen LogP contribution >= 0.6 is 11.6 Å². The molecule has 122 valence electrons. The maximum absolute atomic E-state index is 13.0. The maximum Gasteiger partial charge on any atom is 0.326 e. The van der Waals surface area contributed by atoms with E-state index in [4.69, 9.17) is 11.6 Å². The summed E-state index contributed by atoms with van der Waals surface area (Å²) in [6.07, 6.45) is 1.28. The summed E-state index contributed by atoms with van der Waals surface area (Å²) in [5.74, 6) is -0.976. The summed E-state index contributed by atoms with van der Waals surface area (Å²) in [4.78, 5) is 26.0. The van der Waals surface area contributed by atoms with Crippen LogP contribution in [0, 0.1) is 5.92 Å². The number of aliphatic carboxylic acids is 1. The normalized spacial score (nSPS) is 21.6. The first kappa shape index (κ1) is 15.9. The molecule has 3 rings (SSSR count). The average molecular weight is 335 g/mol. The Bertz CT molecular complexity index is 744. The van der Waals surface area contributed by atoms with E-state index >= 15 is 0 Å². The van der Waals surface area contributed by atoms with Crippen molar-refractivity contribution in [2.75, 3.05) is 6.54 Å². The Hall–Kier alpha value is -2.01. The van der Waals surface area contributed by atoms with Crippen LogP contribution in [-0.4, -0.2) is 39.0 Å². The van der Waals surface area contributed by atoms with Gasteiger partial charge in [-0.25, -0.2) is 4.79 Å². The second-order valence-corrected chi connectivity index (χ2v) is 6.60. The van der Waals surface area contributed by atoms with Gasteiger partial charge in [0, 0.05) is 24.5 Å². The highest BCUT2D eigenvalue weighted by molar-refractivity contribution is 6.38. The number of aromatic nitrogens is 1. The number of para-hydroxylation sites is 1. The number of piperidine rings is 1. The third-order valence-electron chi connectivity index (χ3n) is 4.66. The molecule has 1 aromatic carbocycles. The van der Waals surface area contributed by atoms with E-state index in [1.807, 2.05) is 31.2 Å². The average Bonchev–Trinajstić information content (AvgIpc) is 2.78. The number of hydrogen-bond donors (Lipinski definition) is 1. The van der Waals surface area contributed by atoms with E-state index in [-0.39, 0.29) is 5.91 Å². The van der Waals surface area contributed by atoms with Gasteiger partial charge in [0.1, 0.15) is 11.7 Å². The van der Waals surface area contributed by atoms with E-state index < -0.39 is 12.0 Å². The van der Waals surface area contributed by atoms with E-state index in [2.05, 4.69) is 0 Å². The molecule has 1 amide bonds. The Morgan fingerprint density at radius 2 is 2.00 bits per heavy atom. The molecule has 0 radical (unpaired) electrons. The van der Waals surface area contributed by atoms with Crippen LogP contribution in [0.4, 0.5) is 0 Å². The molecule has 1 aromatic heterocycles. The van der Waals surface area contributed by atoms with Crippen LogP contribution in [0.25, 0.3) is 10.9 Å². The minimum absolute atomic E-state index is 0.295. The van der Waals surface area contributed by atoms with Crippen molar-refractivity contribution in [3.8, 4) is 0 Å². The lowest BCUT2D eigenvalue weighted by Gasteiger charge is -2.36. The van der Waals surface area contributed by atoms with Gasteiger partial charge < -0.3 is 14.6 Å². The number of carboxylic acid groups (broad SMARTS) is 1.